The summed E-state index contributed by atoms with van der Waals surface area (Å²) in [5.41, 5.74) is 12.5. The topological polar surface area (TPSA) is 79.7 Å². The molecule has 104 valence electrons. The van der Waals surface area contributed by atoms with Crippen molar-refractivity contribution in [1.82, 2.24) is 0 Å². The molecule has 0 rings (SSSR count). The average molecular weight is 264 g/mol. The molecule has 5 nitrogen and oxygen atoms in total. The van der Waals surface area contributed by atoms with Gasteiger partial charge in [0, 0.05) is 25.9 Å². The van der Waals surface area contributed by atoms with Crippen molar-refractivity contribution in [2.75, 3.05) is 19.8 Å². The molecule has 0 aliphatic rings. The van der Waals surface area contributed by atoms with E-state index in [1.54, 1.807) is 0 Å². The van der Waals surface area contributed by atoms with E-state index < -0.39 is 14.0 Å². The fourth-order valence-corrected chi connectivity index (χ4v) is 4.79. The van der Waals surface area contributed by atoms with Crippen LogP contribution in [0.3, 0.4) is 0 Å². The van der Waals surface area contributed by atoms with Crippen LogP contribution in [0.5, 0.6) is 0 Å². The Morgan fingerprint density at radius 3 is 1.59 bits per heavy atom. The van der Waals surface area contributed by atoms with Crippen LogP contribution in [0.2, 0.25) is 0 Å². The van der Waals surface area contributed by atoms with Gasteiger partial charge in [-0.05, 0) is 34.1 Å². The summed E-state index contributed by atoms with van der Waals surface area (Å²) < 4.78 is 17.4. The summed E-state index contributed by atoms with van der Waals surface area (Å²) in [5.74, 6) is 0. The van der Waals surface area contributed by atoms with E-state index in [1.165, 1.54) is 0 Å². The monoisotopic (exact) mass is 264 g/mol. The molecule has 4 N–H and O–H groups in total. The lowest BCUT2D eigenvalue weighted by atomic mass is 10.1. The van der Waals surface area contributed by atoms with Crippen LogP contribution in [-0.2, 0) is 13.3 Å². The molecule has 0 saturated carbocycles. The number of nitrogens with two attached hydrogens (primary N) is 2. The van der Waals surface area contributed by atoms with Gasteiger partial charge in [-0.3, -0.25) is 0 Å². The van der Waals surface area contributed by atoms with Crippen LogP contribution in [0.4, 0.5) is 0 Å². The number of hydrogen-bond acceptors (Lipinski definition) is 5. The van der Waals surface area contributed by atoms with E-state index in [0.717, 1.165) is 6.42 Å². The fraction of sp³-hybridized carbons (Fsp3) is 1.00. The van der Waals surface area contributed by atoms with E-state index in [0.29, 0.717) is 19.8 Å². The molecule has 0 fully saturated rings. The Labute approximate surface area is 106 Å². The van der Waals surface area contributed by atoms with Crippen LogP contribution in [0.25, 0.3) is 0 Å². The van der Waals surface area contributed by atoms with Gasteiger partial charge in [-0.15, -0.1) is 0 Å². The maximum Gasteiger partial charge on any atom is 0.523 e. The molecule has 17 heavy (non-hydrogen) atoms. The first kappa shape index (κ1) is 17.0. The van der Waals surface area contributed by atoms with Crippen molar-refractivity contribution in [3.8, 4) is 0 Å². The van der Waals surface area contributed by atoms with Gasteiger partial charge in [0.05, 0.1) is 5.16 Å². The molecule has 0 aromatic carbocycles. The van der Waals surface area contributed by atoms with Gasteiger partial charge in [0.2, 0.25) is 0 Å². The fourth-order valence-electron chi connectivity index (χ4n) is 1.81. The molecule has 6 heteroatoms. The van der Waals surface area contributed by atoms with Crippen LogP contribution in [-0.4, -0.2) is 39.8 Å². The van der Waals surface area contributed by atoms with Crippen LogP contribution in [0.15, 0.2) is 0 Å². The van der Waals surface area contributed by atoms with Crippen molar-refractivity contribution >= 4 is 8.80 Å². The van der Waals surface area contributed by atoms with Crippen molar-refractivity contribution in [2.45, 2.75) is 52.2 Å². The summed E-state index contributed by atoms with van der Waals surface area (Å²) in [6, 6.07) is -0.209. The first-order valence-electron chi connectivity index (χ1n) is 6.38. The molecule has 0 heterocycles. The molecule has 0 spiro atoms. The van der Waals surface area contributed by atoms with Gasteiger partial charge in [-0.2, -0.15) is 0 Å². The molecule has 0 bridgehead atoms. The van der Waals surface area contributed by atoms with Crippen molar-refractivity contribution in [2.24, 2.45) is 11.5 Å². The van der Waals surface area contributed by atoms with Gasteiger partial charge in [0.1, 0.15) is 0 Å². The smallest absolute Gasteiger partial charge is 0.373 e. The highest BCUT2D eigenvalue weighted by atomic mass is 28.4. The minimum atomic E-state index is -2.95. The highest BCUT2D eigenvalue weighted by Crippen LogP contribution is 2.26. The second-order valence-corrected chi connectivity index (χ2v) is 7.21. The zero-order valence-electron chi connectivity index (χ0n) is 11.8. The van der Waals surface area contributed by atoms with E-state index in [1.807, 2.05) is 34.6 Å². The van der Waals surface area contributed by atoms with E-state index in [9.17, 15) is 0 Å². The van der Waals surface area contributed by atoms with Gasteiger partial charge in [0.25, 0.3) is 0 Å². The minimum absolute atomic E-state index is 0.209. The molecule has 2 atom stereocenters. The Balaban J connectivity index is 5.21. The van der Waals surface area contributed by atoms with Crippen molar-refractivity contribution in [3.63, 3.8) is 0 Å². The molecule has 0 saturated heterocycles. The lowest BCUT2D eigenvalue weighted by molar-refractivity contribution is 0.0429. The third-order valence-corrected chi connectivity index (χ3v) is 6.57. The first-order valence-corrected chi connectivity index (χ1v) is 8.10. The number of rotatable bonds is 9. The molecule has 0 aromatic rings. The summed E-state index contributed by atoms with van der Waals surface area (Å²) in [6.45, 7) is 11.1. The SMILES string of the molecule is CCO[Si](OCC)(OCC)C(C)(N)C(N)CC. The standard InChI is InChI=1S/C11H28N2O3Si/c1-6-10(12)11(5,13)17(14-7-2,15-8-3)16-9-4/h10H,6-9,12-13H2,1-5H3. The van der Waals surface area contributed by atoms with E-state index in [2.05, 4.69) is 0 Å². The highest BCUT2D eigenvalue weighted by Gasteiger charge is 2.58. The van der Waals surface area contributed by atoms with Crippen molar-refractivity contribution < 1.29 is 13.3 Å². The van der Waals surface area contributed by atoms with Gasteiger partial charge >= 0.3 is 8.80 Å². The molecule has 0 aliphatic heterocycles. The third-order valence-electron chi connectivity index (χ3n) is 2.87. The molecule has 0 radical (unpaired) electrons. The summed E-state index contributed by atoms with van der Waals surface area (Å²) in [5, 5.41) is -0.774. The van der Waals surface area contributed by atoms with Gasteiger partial charge in [-0.1, -0.05) is 6.92 Å². The van der Waals surface area contributed by atoms with Gasteiger partial charge in [0.15, 0.2) is 0 Å². The second kappa shape index (κ2) is 7.45. The predicted octanol–water partition coefficient (Wildman–Crippen LogP) is 1.03. The van der Waals surface area contributed by atoms with E-state index in [4.69, 9.17) is 24.7 Å². The van der Waals surface area contributed by atoms with Crippen molar-refractivity contribution in [3.05, 3.63) is 0 Å². The normalized spacial score (nSPS) is 17.8. The third kappa shape index (κ3) is 3.74. The zero-order chi connectivity index (χ0) is 13.5. The Hall–Kier alpha value is 0.0169. The van der Waals surface area contributed by atoms with Gasteiger partial charge < -0.3 is 24.7 Å². The second-order valence-electron chi connectivity index (χ2n) is 4.15. The Bertz CT molecular complexity index is 198. The lowest BCUT2D eigenvalue weighted by Crippen LogP contribution is -2.75. The summed E-state index contributed by atoms with van der Waals surface area (Å²) in [4.78, 5) is 0. The van der Waals surface area contributed by atoms with Crippen LogP contribution in [0.1, 0.15) is 41.0 Å². The van der Waals surface area contributed by atoms with Gasteiger partial charge in [-0.25, -0.2) is 0 Å². The lowest BCUT2D eigenvalue weighted by Gasteiger charge is -2.43. The Kier molecular flexibility index (Phi) is 7.46. The highest BCUT2D eigenvalue weighted by molar-refractivity contribution is 6.64. The average Bonchev–Trinajstić information content (AvgIpc) is 2.28. The quantitative estimate of drug-likeness (QED) is 0.608. The maximum absolute atomic E-state index is 6.37. The Morgan fingerprint density at radius 2 is 1.35 bits per heavy atom. The summed E-state index contributed by atoms with van der Waals surface area (Å²) >= 11 is 0. The molecule has 0 aromatic heterocycles. The minimum Gasteiger partial charge on any atom is -0.373 e. The molecule has 2 unspecified atom stereocenters. The maximum atomic E-state index is 6.37. The van der Waals surface area contributed by atoms with Crippen LogP contribution in [0, 0.1) is 0 Å². The van der Waals surface area contributed by atoms with E-state index in [-0.39, 0.29) is 6.04 Å². The Morgan fingerprint density at radius 1 is 1.00 bits per heavy atom. The first-order chi connectivity index (χ1) is 7.91. The largest absolute Gasteiger partial charge is 0.523 e. The summed E-state index contributed by atoms with van der Waals surface area (Å²) in [7, 11) is -2.95. The zero-order valence-corrected chi connectivity index (χ0v) is 12.8. The molecule has 0 amide bonds. The molecule has 0 aliphatic carbocycles. The molecular weight excluding hydrogens is 236 g/mol. The van der Waals surface area contributed by atoms with Crippen LogP contribution >= 0.6 is 0 Å². The molecular formula is C11H28N2O3Si. The van der Waals surface area contributed by atoms with Crippen molar-refractivity contribution in [1.29, 1.82) is 0 Å². The summed E-state index contributed by atoms with van der Waals surface area (Å²) in [6.07, 6.45) is 0.759. The predicted molar refractivity (Wildman–Crippen MR) is 71.5 cm³/mol. The van der Waals surface area contributed by atoms with E-state index >= 15 is 0 Å². The van der Waals surface area contributed by atoms with Crippen LogP contribution < -0.4 is 11.5 Å². The number of hydrogen-bond donors (Lipinski definition) is 2.